The molecule has 0 fully saturated rings. The molecule has 0 amide bonds. The lowest BCUT2D eigenvalue weighted by molar-refractivity contribution is 0.218. The van der Waals surface area contributed by atoms with Crippen LogP contribution >= 0.6 is 43.2 Å². The minimum absolute atomic E-state index is 0.288. The van der Waals surface area contributed by atoms with Crippen LogP contribution in [0.5, 0.6) is 0 Å². The summed E-state index contributed by atoms with van der Waals surface area (Å²) in [6, 6.07) is 6.58. The first-order chi connectivity index (χ1) is 7.99. The van der Waals surface area contributed by atoms with Crippen LogP contribution in [0.15, 0.2) is 33.2 Å². The zero-order chi connectivity index (χ0) is 12.6. The molecule has 17 heavy (non-hydrogen) atoms. The number of hydrogen-bond donors (Lipinski definition) is 1. The largest absolute Gasteiger partial charge is 0.383 e. The number of aliphatic hydroxyl groups is 1. The van der Waals surface area contributed by atoms with Crippen molar-refractivity contribution in [1.29, 1.82) is 0 Å². The molecule has 0 saturated heterocycles. The third-order valence-electron chi connectivity index (χ3n) is 2.34. The van der Waals surface area contributed by atoms with E-state index in [1.807, 2.05) is 13.0 Å². The quantitative estimate of drug-likeness (QED) is 0.794. The van der Waals surface area contributed by atoms with Gasteiger partial charge in [0.15, 0.2) is 0 Å². The van der Waals surface area contributed by atoms with Crippen molar-refractivity contribution >= 4 is 43.2 Å². The molecule has 0 aliphatic rings. The van der Waals surface area contributed by atoms with Crippen LogP contribution in [0.4, 0.5) is 4.39 Å². The van der Waals surface area contributed by atoms with Gasteiger partial charge in [-0.05, 0) is 41.1 Å². The second-order valence-corrected chi connectivity index (χ2v) is 6.70. The van der Waals surface area contributed by atoms with Gasteiger partial charge in [-0.15, -0.1) is 11.3 Å². The van der Waals surface area contributed by atoms with E-state index in [9.17, 15) is 9.50 Å². The van der Waals surface area contributed by atoms with Crippen LogP contribution in [0.3, 0.4) is 0 Å². The maximum Gasteiger partial charge on any atom is 0.130 e. The van der Waals surface area contributed by atoms with Gasteiger partial charge in [0.25, 0.3) is 0 Å². The Kier molecular flexibility index (Phi) is 4.02. The number of aliphatic hydroxyl groups excluding tert-OH is 1. The standard InChI is InChI=1S/C12H9Br2FOS/c1-6-4-9(14)12(17-6)11(16)8-3-2-7(13)5-10(8)15/h2-5,11,16H,1H3. The van der Waals surface area contributed by atoms with Crippen molar-refractivity contribution in [3.8, 4) is 0 Å². The first-order valence-electron chi connectivity index (χ1n) is 4.88. The Morgan fingerprint density at radius 2 is 2.00 bits per heavy atom. The van der Waals surface area contributed by atoms with Gasteiger partial charge in [0.1, 0.15) is 11.9 Å². The summed E-state index contributed by atoms with van der Waals surface area (Å²) in [6.45, 7) is 1.95. The molecule has 1 nitrogen and oxygen atoms in total. The Balaban J connectivity index is 2.43. The summed E-state index contributed by atoms with van der Waals surface area (Å²) in [5.41, 5.74) is 0.288. The number of benzene rings is 1. The van der Waals surface area contributed by atoms with E-state index in [0.29, 0.717) is 4.47 Å². The van der Waals surface area contributed by atoms with Crippen molar-refractivity contribution in [1.82, 2.24) is 0 Å². The average molecular weight is 380 g/mol. The molecule has 0 aliphatic carbocycles. The fourth-order valence-corrected chi connectivity index (χ4v) is 3.76. The SMILES string of the molecule is Cc1cc(Br)c(C(O)c2ccc(Br)cc2F)s1. The van der Waals surface area contributed by atoms with Gasteiger partial charge in [-0.3, -0.25) is 0 Å². The summed E-state index contributed by atoms with van der Waals surface area (Å²) in [5, 5.41) is 10.2. The predicted molar refractivity (Wildman–Crippen MR) is 74.9 cm³/mol. The number of aryl methyl sites for hydroxylation is 1. The lowest BCUT2D eigenvalue weighted by atomic mass is 10.1. The van der Waals surface area contributed by atoms with Crippen LogP contribution in [0.1, 0.15) is 21.4 Å². The van der Waals surface area contributed by atoms with E-state index in [-0.39, 0.29) is 5.56 Å². The minimum Gasteiger partial charge on any atom is -0.383 e. The monoisotopic (exact) mass is 378 g/mol. The van der Waals surface area contributed by atoms with Gasteiger partial charge in [0, 0.05) is 19.4 Å². The first kappa shape index (κ1) is 13.2. The minimum atomic E-state index is -0.934. The summed E-state index contributed by atoms with van der Waals surface area (Å²) in [5.74, 6) is -0.412. The lowest BCUT2D eigenvalue weighted by Gasteiger charge is -2.11. The molecule has 0 bridgehead atoms. The third-order valence-corrected chi connectivity index (χ3v) is 4.86. The van der Waals surface area contributed by atoms with E-state index < -0.39 is 11.9 Å². The van der Waals surface area contributed by atoms with Crippen LogP contribution in [0, 0.1) is 12.7 Å². The second-order valence-electron chi connectivity index (χ2n) is 3.64. The Morgan fingerprint density at radius 1 is 1.29 bits per heavy atom. The molecule has 2 aromatic rings. The Morgan fingerprint density at radius 3 is 2.53 bits per heavy atom. The number of thiophene rings is 1. The van der Waals surface area contributed by atoms with Crippen LogP contribution in [-0.2, 0) is 0 Å². The maximum atomic E-state index is 13.7. The molecule has 0 saturated carbocycles. The van der Waals surface area contributed by atoms with Crippen molar-refractivity contribution < 1.29 is 9.50 Å². The highest BCUT2D eigenvalue weighted by atomic mass is 79.9. The van der Waals surface area contributed by atoms with Crippen LogP contribution < -0.4 is 0 Å². The zero-order valence-corrected chi connectivity index (χ0v) is 12.9. The Hall–Kier alpha value is -0.230. The van der Waals surface area contributed by atoms with Crippen molar-refractivity contribution in [2.45, 2.75) is 13.0 Å². The van der Waals surface area contributed by atoms with E-state index >= 15 is 0 Å². The fraction of sp³-hybridized carbons (Fsp3) is 0.167. The molecule has 1 aromatic heterocycles. The molecule has 0 aliphatic heterocycles. The van der Waals surface area contributed by atoms with Crippen LogP contribution in [0.25, 0.3) is 0 Å². The van der Waals surface area contributed by atoms with E-state index in [4.69, 9.17) is 0 Å². The van der Waals surface area contributed by atoms with Gasteiger partial charge < -0.3 is 5.11 Å². The molecular formula is C12H9Br2FOS. The van der Waals surface area contributed by atoms with Gasteiger partial charge in [0.05, 0.1) is 4.88 Å². The van der Waals surface area contributed by atoms with Gasteiger partial charge in [-0.25, -0.2) is 4.39 Å². The molecule has 1 heterocycles. The molecule has 5 heteroatoms. The third kappa shape index (κ3) is 2.78. The molecular weight excluding hydrogens is 371 g/mol. The van der Waals surface area contributed by atoms with E-state index in [1.54, 1.807) is 12.1 Å². The molecule has 2 rings (SSSR count). The van der Waals surface area contributed by atoms with Crippen molar-refractivity contribution in [3.63, 3.8) is 0 Å². The molecule has 90 valence electrons. The van der Waals surface area contributed by atoms with Gasteiger partial charge in [-0.1, -0.05) is 22.0 Å². The molecule has 0 spiro atoms. The summed E-state index contributed by atoms with van der Waals surface area (Å²) in [7, 11) is 0. The van der Waals surface area contributed by atoms with Gasteiger partial charge in [0.2, 0.25) is 0 Å². The lowest BCUT2D eigenvalue weighted by Crippen LogP contribution is -2.01. The van der Waals surface area contributed by atoms with Gasteiger partial charge in [-0.2, -0.15) is 0 Å². The van der Waals surface area contributed by atoms with Crippen molar-refractivity contribution in [2.75, 3.05) is 0 Å². The van der Waals surface area contributed by atoms with E-state index in [2.05, 4.69) is 31.9 Å². The highest BCUT2D eigenvalue weighted by Gasteiger charge is 2.19. The van der Waals surface area contributed by atoms with Crippen LogP contribution in [0.2, 0.25) is 0 Å². The number of halogens is 3. The van der Waals surface area contributed by atoms with Gasteiger partial charge >= 0.3 is 0 Å². The normalized spacial score (nSPS) is 12.8. The average Bonchev–Trinajstić information content (AvgIpc) is 2.57. The molecule has 1 N–H and O–H groups in total. The summed E-state index contributed by atoms with van der Waals surface area (Å²) in [6.07, 6.45) is -0.934. The predicted octanol–water partition coefficient (Wildman–Crippen LogP) is 4.80. The molecule has 0 radical (unpaired) electrons. The second kappa shape index (κ2) is 5.18. The molecule has 1 atom stereocenters. The van der Waals surface area contributed by atoms with E-state index in [1.165, 1.54) is 17.4 Å². The highest BCUT2D eigenvalue weighted by molar-refractivity contribution is 9.10. The summed E-state index contributed by atoms with van der Waals surface area (Å²) >= 11 is 8.02. The Bertz CT molecular complexity index is 553. The molecule has 1 aromatic carbocycles. The van der Waals surface area contributed by atoms with Crippen LogP contribution in [-0.4, -0.2) is 5.11 Å². The number of hydrogen-bond acceptors (Lipinski definition) is 2. The van der Waals surface area contributed by atoms with Crippen molar-refractivity contribution in [2.24, 2.45) is 0 Å². The highest BCUT2D eigenvalue weighted by Crippen LogP contribution is 2.36. The maximum absolute atomic E-state index is 13.7. The van der Waals surface area contributed by atoms with E-state index in [0.717, 1.165) is 14.2 Å². The Labute approximate surface area is 120 Å². The van der Waals surface area contributed by atoms with Crippen molar-refractivity contribution in [3.05, 3.63) is 54.3 Å². The smallest absolute Gasteiger partial charge is 0.130 e. The zero-order valence-electron chi connectivity index (χ0n) is 8.88. The topological polar surface area (TPSA) is 20.2 Å². The molecule has 1 unspecified atom stereocenters. The fourth-order valence-electron chi connectivity index (χ4n) is 1.55. The number of rotatable bonds is 2. The summed E-state index contributed by atoms with van der Waals surface area (Å²) < 4.78 is 15.2. The first-order valence-corrected chi connectivity index (χ1v) is 7.28. The summed E-state index contributed by atoms with van der Waals surface area (Å²) in [4.78, 5) is 1.80.